The maximum atomic E-state index is 5.58. The van der Waals surface area contributed by atoms with Gasteiger partial charge in [-0.1, -0.05) is 0 Å². The third-order valence-electron chi connectivity index (χ3n) is 2.96. The van der Waals surface area contributed by atoms with Crippen LogP contribution in [-0.2, 0) is 13.6 Å². The molecule has 3 rings (SSSR count). The lowest BCUT2D eigenvalue weighted by Gasteiger charge is -1.99. The van der Waals surface area contributed by atoms with Gasteiger partial charge in [-0.15, -0.1) is 0 Å². The van der Waals surface area contributed by atoms with Crippen molar-refractivity contribution in [3.63, 3.8) is 0 Å². The Balaban J connectivity index is 2.21. The summed E-state index contributed by atoms with van der Waals surface area (Å²) >= 11 is 0. The van der Waals surface area contributed by atoms with Gasteiger partial charge in [-0.05, 0) is 25.0 Å². The molecule has 0 aromatic carbocycles. The summed E-state index contributed by atoms with van der Waals surface area (Å²) in [5.74, 6) is 1.83. The molecule has 1 aliphatic carbocycles. The molecule has 0 aliphatic heterocycles. The number of nitrogens with zero attached hydrogens (tertiary/aromatic N) is 3. The summed E-state index contributed by atoms with van der Waals surface area (Å²) in [5, 5.41) is 0. The number of imidazole rings is 1. The van der Waals surface area contributed by atoms with Gasteiger partial charge in [-0.3, -0.25) is 0 Å². The van der Waals surface area contributed by atoms with E-state index in [-0.39, 0.29) is 0 Å². The van der Waals surface area contributed by atoms with E-state index in [2.05, 4.69) is 14.5 Å². The van der Waals surface area contributed by atoms with Crippen LogP contribution in [0.3, 0.4) is 0 Å². The molecule has 15 heavy (non-hydrogen) atoms. The largest absolute Gasteiger partial charge is 0.325 e. The summed E-state index contributed by atoms with van der Waals surface area (Å²) in [6, 6.07) is 3.96. The summed E-state index contributed by atoms with van der Waals surface area (Å²) in [4.78, 5) is 9.11. The highest BCUT2D eigenvalue weighted by Gasteiger charge is 2.28. The Kier molecular flexibility index (Phi) is 1.79. The third kappa shape index (κ3) is 1.33. The van der Waals surface area contributed by atoms with Crippen molar-refractivity contribution in [2.45, 2.75) is 25.3 Å². The summed E-state index contributed by atoms with van der Waals surface area (Å²) in [7, 11) is 2.04. The Morgan fingerprint density at radius 1 is 1.40 bits per heavy atom. The summed E-state index contributed by atoms with van der Waals surface area (Å²) < 4.78 is 2.10. The average Bonchev–Trinajstić information content (AvgIpc) is 3.05. The predicted octanol–water partition coefficient (Wildman–Crippen LogP) is 1.30. The van der Waals surface area contributed by atoms with Crippen LogP contribution >= 0.6 is 0 Å². The molecule has 2 heterocycles. The Labute approximate surface area is 88.1 Å². The van der Waals surface area contributed by atoms with E-state index in [1.165, 1.54) is 18.7 Å². The highest BCUT2D eigenvalue weighted by Crippen LogP contribution is 2.39. The van der Waals surface area contributed by atoms with Crippen molar-refractivity contribution in [1.82, 2.24) is 14.5 Å². The van der Waals surface area contributed by atoms with Crippen LogP contribution in [0, 0.1) is 0 Å². The number of hydrogen-bond donors (Lipinski definition) is 1. The predicted molar refractivity (Wildman–Crippen MR) is 58.4 cm³/mol. The lowest BCUT2D eigenvalue weighted by Crippen LogP contribution is -2.01. The van der Waals surface area contributed by atoms with E-state index in [9.17, 15) is 0 Å². The van der Waals surface area contributed by atoms with Crippen LogP contribution in [-0.4, -0.2) is 14.5 Å². The number of rotatable bonds is 2. The summed E-state index contributed by atoms with van der Waals surface area (Å²) in [6.45, 7) is 0.486. The van der Waals surface area contributed by atoms with E-state index in [4.69, 9.17) is 5.73 Å². The van der Waals surface area contributed by atoms with Crippen LogP contribution in [0.15, 0.2) is 12.1 Å². The zero-order valence-electron chi connectivity index (χ0n) is 8.77. The van der Waals surface area contributed by atoms with Gasteiger partial charge in [0.25, 0.3) is 0 Å². The van der Waals surface area contributed by atoms with Gasteiger partial charge in [0, 0.05) is 19.5 Å². The van der Waals surface area contributed by atoms with Gasteiger partial charge >= 0.3 is 0 Å². The molecule has 2 N–H and O–H groups in total. The van der Waals surface area contributed by atoms with Crippen LogP contribution in [0.25, 0.3) is 11.2 Å². The Bertz CT molecular complexity index is 511. The minimum atomic E-state index is 0.486. The second-order valence-electron chi connectivity index (χ2n) is 4.15. The molecule has 1 fully saturated rings. The molecular weight excluding hydrogens is 188 g/mol. The van der Waals surface area contributed by atoms with E-state index in [1.54, 1.807) is 0 Å². The van der Waals surface area contributed by atoms with Crippen molar-refractivity contribution in [2.24, 2.45) is 12.8 Å². The van der Waals surface area contributed by atoms with E-state index in [0.717, 1.165) is 16.9 Å². The topological polar surface area (TPSA) is 56.7 Å². The van der Waals surface area contributed by atoms with Gasteiger partial charge in [-0.2, -0.15) is 0 Å². The molecule has 1 saturated carbocycles. The van der Waals surface area contributed by atoms with Crippen molar-refractivity contribution in [2.75, 3.05) is 0 Å². The summed E-state index contributed by atoms with van der Waals surface area (Å²) in [6.07, 6.45) is 2.53. The SMILES string of the molecule is Cn1c(C2CC2)nc2ccc(CN)nc21. The van der Waals surface area contributed by atoms with Crippen molar-refractivity contribution in [3.8, 4) is 0 Å². The first-order valence-electron chi connectivity index (χ1n) is 5.32. The standard InChI is InChI=1S/C11H14N4/c1-15-10(7-2-3-7)14-9-5-4-8(6-12)13-11(9)15/h4-5,7H,2-3,6,12H2,1H3. The van der Waals surface area contributed by atoms with Crippen LogP contribution < -0.4 is 5.73 Å². The van der Waals surface area contributed by atoms with Crippen molar-refractivity contribution in [1.29, 1.82) is 0 Å². The number of hydrogen-bond acceptors (Lipinski definition) is 3. The minimum Gasteiger partial charge on any atom is -0.325 e. The fraction of sp³-hybridized carbons (Fsp3) is 0.455. The fourth-order valence-corrected chi connectivity index (χ4v) is 1.94. The number of fused-ring (bicyclic) bond motifs is 1. The molecule has 4 nitrogen and oxygen atoms in total. The fourth-order valence-electron chi connectivity index (χ4n) is 1.94. The first-order chi connectivity index (χ1) is 7.29. The molecule has 0 amide bonds. The van der Waals surface area contributed by atoms with Crippen LogP contribution in [0.1, 0.15) is 30.3 Å². The first-order valence-corrected chi connectivity index (χ1v) is 5.32. The molecule has 4 heteroatoms. The van der Waals surface area contributed by atoms with Gasteiger partial charge in [0.05, 0.1) is 5.69 Å². The number of nitrogens with two attached hydrogens (primary N) is 1. The van der Waals surface area contributed by atoms with Gasteiger partial charge in [0.1, 0.15) is 11.3 Å². The Hall–Kier alpha value is -1.42. The lowest BCUT2D eigenvalue weighted by molar-refractivity contribution is 0.809. The van der Waals surface area contributed by atoms with Crippen molar-refractivity contribution in [3.05, 3.63) is 23.7 Å². The monoisotopic (exact) mass is 202 g/mol. The average molecular weight is 202 g/mol. The molecule has 2 aromatic rings. The normalized spacial score (nSPS) is 16.1. The summed E-state index contributed by atoms with van der Waals surface area (Å²) in [5.41, 5.74) is 8.44. The third-order valence-corrected chi connectivity index (χ3v) is 2.96. The van der Waals surface area contributed by atoms with Gasteiger partial charge < -0.3 is 10.3 Å². The molecule has 2 aromatic heterocycles. The van der Waals surface area contributed by atoms with Gasteiger partial charge in [-0.25, -0.2) is 9.97 Å². The molecular formula is C11H14N4. The first kappa shape index (κ1) is 8.85. The van der Waals surface area contributed by atoms with Crippen LogP contribution in [0.2, 0.25) is 0 Å². The zero-order valence-corrected chi connectivity index (χ0v) is 8.77. The highest BCUT2D eigenvalue weighted by atomic mass is 15.1. The zero-order chi connectivity index (χ0) is 10.4. The van der Waals surface area contributed by atoms with Crippen LogP contribution in [0.5, 0.6) is 0 Å². The molecule has 0 radical (unpaired) electrons. The molecule has 1 aliphatic rings. The highest BCUT2D eigenvalue weighted by molar-refractivity contribution is 5.71. The van der Waals surface area contributed by atoms with Crippen LogP contribution in [0.4, 0.5) is 0 Å². The molecule has 0 atom stereocenters. The quantitative estimate of drug-likeness (QED) is 0.798. The minimum absolute atomic E-state index is 0.486. The number of aryl methyl sites for hydroxylation is 1. The van der Waals surface area contributed by atoms with Gasteiger partial charge in [0.2, 0.25) is 0 Å². The number of pyridine rings is 1. The lowest BCUT2D eigenvalue weighted by atomic mass is 10.3. The molecule has 0 bridgehead atoms. The molecule has 78 valence electrons. The second kappa shape index (κ2) is 3.03. The second-order valence-corrected chi connectivity index (χ2v) is 4.15. The number of aromatic nitrogens is 3. The maximum Gasteiger partial charge on any atom is 0.160 e. The van der Waals surface area contributed by atoms with Crippen molar-refractivity contribution < 1.29 is 0 Å². The molecule has 0 unspecified atom stereocenters. The van der Waals surface area contributed by atoms with E-state index in [1.807, 2.05) is 19.2 Å². The van der Waals surface area contributed by atoms with E-state index in [0.29, 0.717) is 12.5 Å². The van der Waals surface area contributed by atoms with Gasteiger partial charge in [0.15, 0.2) is 5.65 Å². The Morgan fingerprint density at radius 2 is 2.20 bits per heavy atom. The molecule has 0 saturated heterocycles. The van der Waals surface area contributed by atoms with Crippen molar-refractivity contribution >= 4 is 11.2 Å². The molecule has 0 spiro atoms. The van der Waals surface area contributed by atoms with E-state index < -0.39 is 0 Å². The Morgan fingerprint density at radius 3 is 2.87 bits per heavy atom. The maximum absolute atomic E-state index is 5.58. The van der Waals surface area contributed by atoms with E-state index >= 15 is 0 Å². The smallest absolute Gasteiger partial charge is 0.160 e.